The smallest absolute Gasteiger partial charge is 0.220 e. The first-order chi connectivity index (χ1) is 6.52. The van der Waals surface area contributed by atoms with Crippen molar-refractivity contribution in [3.63, 3.8) is 0 Å². The van der Waals surface area contributed by atoms with Gasteiger partial charge in [0.05, 0.1) is 5.75 Å². The number of alkyl halides is 1. The van der Waals surface area contributed by atoms with E-state index in [-0.39, 0.29) is 18.2 Å². The SMILES string of the molecule is CNS(=O)(=O)CCNC(=O)CCCCl. The first-order valence-electron chi connectivity index (χ1n) is 4.25. The number of hydrogen-bond donors (Lipinski definition) is 2. The zero-order chi connectivity index (χ0) is 11.0. The molecule has 1 amide bonds. The van der Waals surface area contributed by atoms with Gasteiger partial charge in [-0.05, 0) is 13.5 Å². The van der Waals surface area contributed by atoms with Crippen molar-refractivity contribution in [1.29, 1.82) is 0 Å². The largest absolute Gasteiger partial charge is 0.355 e. The van der Waals surface area contributed by atoms with E-state index in [9.17, 15) is 13.2 Å². The molecule has 5 nitrogen and oxygen atoms in total. The first-order valence-corrected chi connectivity index (χ1v) is 6.44. The molecular weight excluding hydrogens is 228 g/mol. The first kappa shape index (κ1) is 13.7. The van der Waals surface area contributed by atoms with E-state index >= 15 is 0 Å². The molecule has 0 aromatic rings. The number of carbonyl (C=O) groups excluding carboxylic acids is 1. The lowest BCUT2D eigenvalue weighted by Gasteiger charge is -2.04. The quantitative estimate of drug-likeness (QED) is 0.601. The number of carbonyl (C=O) groups is 1. The fourth-order valence-corrected chi connectivity index (χ4v) is 1.45. The van der Waals surface area contributed by atoms with Crippen molar-refractivity contribution in [2.24, 2.45) is 0 Å². The summed E-state index contributed by atoms with van der Waals surface area (Å²) in [5, 5.41) is 2.49. The van der Waals surface area contributed by atoms with Gasteiger partial charge < -0.3 is 5.32 Å². The zero-order valence-electron chi connectivity index (χ0n) is 8.05. The van der Waals surface area contributed by atoms with Crippen molar-refractivity contribution in [3.8, 4) is 0 Å². The Labute approximate surface area is 89.3 Å². The van der Waals surface area contributed by atoms with Gasteiger partial charge in [0.25, 0.3) is 0 Å². The van der Waals surface area contributed by atoms with Crippen LogP contribution in [0.1, 0.15) is 12.8 Å². The third-order valence-electron chi connectivity index (χ3n) is 1.54. The van der Waals surface area contributed by atoms with Crippen LogP contribution >= 0.6 is 11.6 Å². The standard InChI is InChI=1S/C7H15ClN2O3S/c1-9-14(12,13)6-5-10-7(11)3-2-4-8/h9H,2-6H2,1H3,(H,10,11). The van der Waals surface area contributed by atoms with Crippen LogP contribution in [0, 0.1) is 0 Å². The van der Waals surface area contributed by atoms with Gasteiger partial charge >= 0.3 is 0 Å². The van der Waals surface area contributed by atoms with Gasteiger partial charge in [-0.3, -0.25) is 4.79 Å². The number of halogens is 1. The van der Waals surface area contributed by atoms with Crippen molar-refractivity contribution >= 4 is 27.5 Å². The van der Waals surface area contributed by atoms with Crippen molar-refractivity contribution in [3.05, 3.63) is 0 Å². The fraction of sp³-hybridized carbons (Fsp3) is 0.857. The van der Waals surface area contributed by atoms with Crippen molar-refractivity contribution < 1.29 is 13.2 Å². The summed E-state index contributed by atoms with van der Waals surface area (Å²) in [5.41, 5.74) is 0. The Morgan fingerprint density at radius 3 is 2.57 bits per heavy atom. The average molecular weight is 243 g/mol. The number of rotatable bonds is 7. The van der Waals surface area contributed by atoms with Gasteiger partial charge in [-0.25, -0.2) is 13.1 Å². The number of hydrogen-bond acceptors (Lipinski definition) is 3. The van der Waals surface area contributed by atoms with Crippen molar-refractivity contribution in [2.45, 2.75) is 12.8 Å². The highest BCUT2D eigenvalue weighted by Crippen LogP contribution is 1.91. The molecule has 0 unspecified atom stereocenters. The lowest BCUT2D eigenvalue weighted by molar-refractivity contribution is -0.120. The van der Waals surface area contributed by atoms with E-state index in [1.165, 1.54) is 7.05 Å². The second kappa shape index (κ2) is 7.03. The third-order valence-corrected chi connectivity index (χ3v) is 3.17. The molecule has 2 N–H and O–H groups in total. The van der Waals surface area contributed by atoms with Gasteiger partial charge in [0, 0.05) is 18.8 Å². The second-order valence-electron chi connectivity index (χ2n) is 2.67. The lowest BCUT2D eigenvalue weighted by atomic mass is 10.3. The topological polar surface area (TPSA) is 75.3 Å². The van der Waals surface area contributed by atoms with Crippen molar-refractivity contribution in [1.82, 2.24) is 10.0 Å². The zero-order valence-corrected chi connectivity index (χ0v) is 9.62. The van der Waals surface area contributed by atoms with E-state index in [0.29, 0.717) is 18.7 Å². The van der Waals surface area contributed by atoms with Gasteiger partial charge in [0.1, 0.15) is 0 Å². The molecule has 0 aliphatic heterocycles. The maximum atomic E-state index is 11.0. The third kappa shape index (κ3) is 7.11. The van der Waals surface area contributed by atoms with Gasteiger partial charge in [-0.2, -0.15) is 0 Å². The molecule has 0 radical (unpaired) electrons. The highest BCUT2D eigenvalue weighted by molar-refractivity contribution is 7.89. The average Bonchev–Trinajstić information content (AvgIpc) is 2.14. The molecule has 0 atom stereocenters. The Morgan fingerprint density at radius 1 is 1.43 bits per heavy atom. The summed E-state index contributed by atoms with van der Waals surface area (Å²) in [4.78, 5) is 11.0. The van der Waals surface area contributed by atoms with Crippen LogP contribution in [0.5, 0.6) is 0 Å². The monoisotopic (exact) mass is 242 g/mol. The summed E-state index contributed by atoms with van der Waals surface area (Å²) in [6, 6.07) is 0. The molecule has 0 aliphatic carbocycles. The summed E-state index contributed by atoms with van der Waals surface area (Å²) in [6.07, 6.45) is 0.940. The summed E-state index contributed by atoms with van der Waals surface area (Å²) in [5.74, 6) is 0.162. The summed E-state index contributed by atoms with van der Waals surface area (Å²) in [7, 11) is -1.89. The molecule has 0 aromatic heterocycles. The molecule has 7 heteroatoms. The predicted molar refractivity (Wildman–Crippen MR) is 55.8 cm³/mol. The molecule has 0 saturated carbocycles. The molecule has 0 saturated heterocycles. The van der Waals surface area contributed by atoms with Crippen LogP contribution in [0.25, 0.3) is 0 Å². The molecule has 0 aliphatic rings. The molecule has 0 bridgehead atoms. The fourth-order valence-electron chi connectivity index (χ4n) is 0.743. The number of amides is 1. The van der Waals surface area contributed by atoms with Crippen LogP contribution in [0.3, 0.4) is 0 Å². The van der Waals surface area contributed by atoms with Crippen LogP contribution in [0.15, 0.2) is 0 Å². The van der Waals surface area contributed by atoms with Gasteiger partial charge in [0.15, 0.2) is 0 Å². The maximum Gasteiger partial charge on any atom is 0.220 e. The van der Waals surface area contributed by atoms with Crippen LogP contribution in [-0.2, 0) is 14.8 Å². The lowest BCUT2D eigenvalue weighted by Crippen LogP contribution is -2.32. The van der Waals surface area contributed by atoms with Crippen LogP contribution < -0.4 is 10.0 Å². The van der Waals surface area contributed by atoms with Crippen LogP contribution in [0.4, 0.5) is 0 Å². The van der Waals surface area contributed by atoms with E-state index in [0.717, 1.165) is 0 Å². The molecule has 0 aromatic carbocycles. The highest BCUT2D eigenvalue weighted by Gasteiger charge is 2.07. The van der Waals surface area contributed by atoms with Gasteiger partial charge in [-0.1, -0.05) is 0 Å². The van der Waals surface area contributed by atoms with Crippen LogP contribution in [-0.4, -0.2) is 39.6 Å². The molecule has 0 rings (SSSR count). The number of sulfonamides is 1. The minimum Gasteiger partial charge on any atom is -0.355 e. The van der Waals surface area contributed by atoms with E-state index in [1.54, 1.807) is 0 Å². The van der Waals surface area contributed by atoms with E-state index in [2.05, 4.69) is 10.0 Å². The molecule has 0 fully saturated rings. The normalized spacial score (nSPS) is 11.3. The molecule has 0 spiro atoms. The Kier molecular flexibility index (Phi) is 6.86. The van der Waals surface area contributed by atoms with Gasteiger partial charge in [0.2, 0.25) is 15.9 Å². The van der Waals surface area contributed by atoms with Crippen LogP contribution in [0.2, 0.25) is 0 Å². The van der Waals surface area contributed by atoms with E-state index in [1.807, 2.05) is 0 Å². The molecular formula is C7H15ClN2O3S. The highest BCUT2D eigenvalue weighted by atomic mass is 35.5. The summed E-state index contributed by atoms with van der Waals surface area (Å²) >= 11 is 5.39. The minimum absolute atomic E-state index is 0.101. The molecule has 14 heavy (non-hydrogen) atoms. The summed E-state index contributed by atoms with van der Waals surface area (Å²) < 4.78 is 24.0. The summed E-state index contributed by atoms with van der Waals surface area (Å²) in [6.45, 7) is 0.129. The predicted octanol–water partition coefficient (Wildman–Crippen LogP) is -0.329. The van der Waals surface area contributed by atoms with Crippen molar-refractivity contribution in [2.75, 3.05) is 25.2 Å². The Morgan fingerprint density at radius 2 is 2.07 bits per heavy atom. The van der Waals surface area contributed by atoms with E-state index in [4.69, 9.17) is 11.6 Å². The Bertz CT molecular complexity index is 266. The molecule has 84 valence electrons. The molecule has 0 heterocycles. The van der Waals surface area contributed by atoms with E-state index < -0.39 is 10.0 Å². The number of nitrogens with one attached hydrogen (secondary N) is 2. The maximum absolute atomic E-state index is 11.0. The second-order valence-corrected chi connectivity index (χ2v) is 5.09. The van der Waals surface area contributed by atoms with Gasteiger partial charge in [-0.15, -0.1) is 11.6 Å². The minimum atomic E-state index is -3.23. The Balaban J connectivity index is 3.59. The Hall–Kier alpha value is -0.330.